The van der Waals surface area contributed by atoms with E-state index < -0.39 is 0 Å². The van der Waals surface area contributed by atoms with Crippen LogP contribution in [0.15, 0.2) is 35.3 Å². The maximum atomic E-state index is 11.8. The van der Waals surface area contributed by atoms with Gasteiger partial charge in [0.2, 0.25) is 5.91 Å². The third-order valence-electron chi connectivity index (χ3n) is 4.70. The maximum absolute atomic E-state index is 11.8. The highest BCUT2D eigenvalue weighted by molar-refractivity contribution is 14.0. The van der Waals surface area contributed by atoms with Crippen molar-refractivity contribution in [3.05, 3.63) is 35.9 Å². The van der Waals surface area contributed by atoms with Gasteiger partial charge in [0, 0.05) is 39.8 Å². The van der Waals surface area contributed by atoms with Crippen molar-refractivity contribution in [2.75, 3.05) is 40.3 Å². The second kappa shape index (κ2) is 12.9. The van der Waals surface area contributed by atoms with Gasteiger partial charge in [0.15, 0.2) is 5.96 Å². The molecule has 1 fully saturated rings. The Kier molecular flexibility index (Phi) is 11.3. The van der Waals surface area contributed by atoms with E-state index in [0.29, 0.717) is 12.0 Å². The average Bonchev–Trinajstić information content (AvgIpc) is 2.65. The van der Waals surface area contributed by atoms with Crippen molar-refractivity contribution in [2.45, 2.75) is 38.8 Å². The first kappa shape index (κ1) is 23.7. The van der Waals surface area contributed by atoms with Crippen molar-refractivity contribution in [1.82, 2.24) is 20.4 Å². The van der Waals surface area contributed by atoms with E-state index in [4.69, 9.17) is 0 Å². The number of carbonyl (C=O) groups is 1. The van der Waals surface area contributed by atoms with Gasteiger partial charge in [0.25, 0.3) is 0 Å². The SMILES string of the molecule is CCNC(=NCC(=O)N(C)C)NCC1CCCCN1Cc1ccccc1.I. The molecule has 0 aromatic heterocycles. The lowest BCUT2D eigenvalue weighted by atomic mass is 10.0. The third-order valence-corrected chi connectivity index (χ3v) is 4.70. The molecule has 6 nitrogen and oxygen atoms in total. The van der Waals surface area contributed by atoms with Gasteiger partial charge in [-0.05, 0) is 31.9 Å². The average molecular weight is 487 g/mol. The summed E-state index contributed by atoms with van der Waals surface area (Å²) < 4.78 is 0. The van der Waals surface area contributed by atoms with E-state index in [9.17, 15) is 4.79 Å². The number of hydrogen-bond donors (Lipinski definition) is 2. The molecular weight excluding hydrogens is 453 g/mol. The summed E-state index contributed by atoms with van der Waals surface area (Å²) in [6.07, 6.45) is 3.72. The normalized spacial score (nSPS) is 17.7. The molecule has 1 amide bonds. The number of carbonyl (C=O) groups excluding carboxylic acids is 1. The second-order valence-electron chi connectivity index (χ2n) is 6.97. The van der Waals surface area contributed by atoms with E-state index in [1.807, 2.05) is 6.92 Å². The molecule has 0 saturated carbocycles. The number of nitrogens with one attached hydrogen (secondary N) is 2. The molecule has 1 heterocycles. The number of amides is 1. The highest BCUT2D eigenvalue weighted by Crippen LogP contribution is 2.19. The molecule has 1 saturated heterocycles. The Morgan fingerprint density at radius 1 is 1.22 bits per heavy atom. The maximum Gasteiger partial charge on any atom is 0.243 e. The number of hydrogen-bond acceptors (Lipinski definition) is 3. The Morgan fingerprint density at radius 3 is 2.63 bits per heavy atom. The molecule has 1 aromatic rings. The van der Waals surface area contributed by atoms with E-state index in [-0.39, 0.29) is 36.4 Å². The molecule has 2 rings (SSSR count). The van der Waals surface area contributed by atoms with Crippen LogP contribution in [0.3, 0.4) is 0 Å². The number of benzene rings is 1. The standard InChI is InChI=1S/C20H33N5O.HI/c1-4-21-20(23-15-19(26)24(2)3)22-14-18-12-8-9-13-25(18)16-17-10-6-5-7-11-17;/h5-7,10-11,18H,4,8-9,12-16H2,1-3H3,(H2,21,22,23);1H. The fourth-order valence-electron chi connectivity index (χ4n) is 3.16. The smallest absolute Gasteiger partial charge is 0.243 e. The molecule has 0 radical (unpaired) electrons. The minimum Gasteiger partial charge on any atom is -0.357 e. The summed E-state index contributed by atoms with van der Waals surface area (Å²) in [5, 5.41) is 6.66. The topological polar surface area (TPSA) is 60.0 Å². The molecule has 1 aliphatic heterocycles. The molecule has 2 N–H and O–H groups in total. The van der Waals surface area contributed by atoms with Gasteiger partial charge in [-0.15, -0.1) is 24.0 Å². The molecule has 152 valence electrons. The molecule has 0 spiro atoms. The van der Waals surface area contributed by atoms with Crippen molar-refractivity contribution in [3.63, 3.8) is 0 Å². The molecule has 1 atom stereocenters. The van der Waals surface area contributed by atoms with Crippen LogP contribution in [0.4, 0.5) is 0 Å². The summed E-state index contributed by atoms with van der Waals surface area (Å²) in [6, 6.07) is 11.1. The fourth-order valence-corrected chi connectivity index (χ4v) is 3.16. The molecule has 0 bridgehead atoms. The zero-order valence-corrected chi connectivity index (χ0v) is 19.1. The van der Waals surface area contributed by atoms with Crippen molar-refractivity contribution in [2.24, 2.45) is 4.99 Å². The Labute approximate surface area is 180 Å². The van der Waals surface area contributed by atoms with Crippen molar-refractivity contribution in [1.29, 1.82) is 0 Å². The zero-order valence-electron chi connectivity index (χ0n) is 16.8. The molecule has 0 aliphatic carbocycles. The largest absolute Gasteiger partial charge is 0.357 e. The van der Waals surface area contributed by atoms with Crippen LogP contribution >= 0.6 is 24.0 Å². The number of halogens is 1. The van der Waals surface area contributed by atoms with Gasteiger partial charge in [0.1, 0.15) is 6.54 Å². The predicted octanol–water partition coefficient (Wildman–Crippen LogP) is 2.30. The highest BCUT2D eigenvalue weighted by atomic mass is 127. The summed E-state index contributed by atoms with van der Waals surface area (Å²) in [4.78, 5) is 20.3. The summed E-state index contributed by atoms with van der Waals surface area (Å²) in [6.45, 7) is 5.94. The zero-order chi connectivity index (χ0) is 18.8. The number of guanidine groups is 1. The van der Waals surface area contributed by atoms with Crippen LogP contribution in [0.5, 0.6) is 0 Å². The lowest BCUT2D eigenvalue weighted by Crippen LogP contribution is -2.49. The Balaban J connectivity index is 0.00000364. The quantitative estimate of drug-likeness (QED) is 0.352. The molecule has 1 aliphatic rings. The minimum absolute atomic E-state index is 0. The number of likely N-dealkylation sites (tertiary alicyclic amines) is 1. The van der Waals surface area contributed by atoms with Gasteiger partial charge in [-0.3, -0.25) is 9.69 Å². The Bertz CT molecular complexity index is 579. The molecule has 1 unspecified atom stereocenters. The van der Waals surface area contributed by atoms with Gasteiger partial charge < -0.3 is 15.5 Å². The number of likely N-dealkylation sites (N-methyl/N-ethyl adjacent to an activating group) is 1. The summed E-state index contributed by atoms with van der Waals surface area (Å²) in [7, 11) is 3.50. The van der Waals surface area contributed by atoms with Crippen LogP contribution in [0.2, 0.25) is 0 Å². The van der Waals surface area contributed by atoms with Crippen LogP contribution in [-0.4, -0.2) is 68.0 Å². The van der Waals surface area contributed by atoms with Gasteiger partial charge >= 0.3 is 0 Å². The van der Waals surface area contributed by atoms with E-state index >= 15 is 0 Å². The Hall–Kier alpha value is -1.35. The second-order valence-corrected chi connectivity index (χ2v) is 6.97. The monoisotopic (exact) mass is 487 g/mol. The molecule has 27 heavy (non-hydrogen) atoms. The lowest BCUT2D eigenvalue weighted by molar-refractivity contribution is -0.127. The summed E-state index contributed by atoms with van der Waals surface area (Å²) in [5.74, 6) is 0.721. The van der Waals surface area contributed by atoms with Crippen molar-refractivity contribution >= 4 is 35.8 Å². The summed E-state index contributed by atoms with van der Waals surface area (Å²) in [5.41, 5.74) is 1.36. The van der Waals surface area contributed by atoms with Crippen molar-refractivity contribution < 1.29 is 4.79 Å². The van der Waals surface area contributed by atoms with Gasteiger partial charge in [-0.25, -0.2) is 4.99 Å². The van der Waals surface area contributed by atoms with Gasteiger partial charge in [-0.2, -0.15) is 0 Å². The first-order valence-corrected chi connectivity index (χ1v) is 9.60. The fraction of sp³-hybridized carbons (Fsp3) is 0.600. The van der Waals surface area contributed by atoms with Crippen LogP contribution in [0.25, 0.3) is 0 Å². The van der Waals surface area contributed by atoms with Crippen LogP contribution in [-0.2, 0) is 11.3 Å². The number of nitrogens with zero attached hydrogens (tertiary/aromatic N) is 3. The van der Waals surface area contributed by atoms with Crippen molar-refractivity contribution in [3.8, 4) is 0 Å². The van der Waals surface area contributed by atoms with E-state index in [1.54, 1.807) is 19.0 Å². The van der Waals surface area contributed by atoms with Gasteiger partial charge in [0.05, 0.1) is 0 Å². The first-order valence-electron chi connectivity index (χ1n) is 9.60. The van der Waals surface area contributed by atoms with E-state index in [0.717, 1.165) is 26.2 Å². The number of piperidine rings is 1. The van der Waals surface area contributed by atoms with Crippen LogP contribution in [0.1, 0.15) is 31.7 Å². The summed E-state index contributed by atoms with van der Waals surface area (Å²) >= 11 is 0. The minimum atomic E-state index is 0. The first-order chi connectivity index (χ1) is 12.6. The molecule has 1 aromatic carbocycles. The van der Waals surface area contributed by atoms with Crippen LogP contribution < -0.4 is 10.6 Å². The Morgan fingerprint density at radius 2 is 1.96 bits per heavy atom. The predicted molar refractivity (Wildman–Crippen MR) is 123 cm³/mol. The lowest BCUT2D eigenvalue weighted by Gasteiger charge is -2.36. The molecule has 7 heteroatoms. The van der Waals surface area contributed by atoms with E-state index in [1.165, 1.54) is 24.8 Å². The highest BCUT2D eigenvalue weighted by Gasteiger charge is 2.22. The number of aliphatic imine (C=N–C) groups is 1. The molecular formula is C20H34IN5O. The van der Waals surface area contributed by atoms with Gasteiger partial charge in [-0.1, -0.05) is 36.8 Å². The third kappa shape index (κ3) is 8.47. The number of rotatable bonds is 7. The van der Waals surface area contributed by atoms with Crippen LogP contribution in [0, 0.1) is 0 Å². The van der Waals surface area contributed by atoms with E-state index in [2.05, 4.69) is 50.9 Å².